The molecule has 15 heavy (non-hydrogen) atoms. The second-order valence-electron chi connectivity index (χ2n) is 2.78. The molecule has 0 amide bonds. The first-order chi connectivity index (χ1) is 7.05. The zero-order valence-corrected chi connectivity index (χ0v) is 7.58. The van der Waals surface area contributed by atoms with E-state index in [-0.39, 0.29) is 22.8 Å². The van der Waals surface area contributed by atoms with Crippen LogP contribution in [0.1, 0.15) is 5.56 Å². The van der Waals surface area contributed by atoms with Gasteiger partial charge in [0.2, 0.25) is 0 Å². The highest BCUT2D eigenvalue weighted by molar-refractivity contribution is 5.58. The summed E-state index contributed by atoms with van der Waals surface area (Å²) in [6, 6.07) is 4.25. The van der Waals surface area contributed by atoms with Crippen molar-refractivity contribution in [2.75, 3.05) is 7.11 Å². The minimum Gasteiger partial charge on any atom is -0.497 e. The monoisotopic (exact) mass is 213 g/mol. The van der Waals surface area contributed by atoms with Crippen molar-refractivity contribution in [2.24, 2.45) is 0 Å². The van der Waals surface area contributed by atoms with Crippen molar-refractivity contribution in [1.82, 2.24) is 0 Å². The number of benzene rings is 1. The predicted molar refractivity (Wildman–Crippen MR) is 43.9 cm³/mol. The summed E-state index contributed by atoms with van der Waals surface area (Å²) < 4.78 is 38.6. The Hall–Kier alpha value is -2.03. The molecule has 0 aliphatic carbocycles. The Labute approximate surface area is 83.6 Å². The molecule has 0 bridgehead atoms. The van der Waals surface area contributed by atoms with E-state index >= 15 is 0 Å². The van der Waals surface area contributed by atoms with E-state index in [4.69, 9.17) is 10.00 Å². The largest absolute Gasteiger partial charge is 0.586 e. The lowest BCUT2D eigenvalue weighted by molar-refractivity contribution is -0.286. The number of rotatable bonds is 1. The summed E-state index contributed by atoms with van der Waals surface area (Å²) >= 11 is 0. The number of nitrogens with zero attached hydrogens (tertiary/aromatic N) is 1. The summed E-state index contributed by atoms with van der Waals surface area (Å²) in [5, 5.41) is 8.71. The van der Waals surface area contributed by atoms with Crippen molar-refractivity contribution in [3.63, 3.8) is 0 Å². The predicted octanol–water partition coefficient (Wildman–Crippen LogP) is 1.89. The number of halogens is 2. The molecule has 0 atom stereocenters. The molecular formula is C9H5F2NO3. The highest BCUT2D eigenvalue weighted by atomic mass is 19.3. The Kier molecular flexibility index (Phi) is 1.89. The van der Waals surface area contributed by atoms with Crippen molar-refractivity contribution in [3.05, 3.63) is 17.7 Å². The van der Waals surface area contributed by atoms with Gasteiger partial charge in [0.1, 0.15) is 17.4 Å². The van der Waals surface area contributed by atoms with Gasteiger partial charge in [0.15, 0.2) is 11.5 Å². The standard InChI is InChI=1S/C9H5F2NO3/c1-13-6-2-5(4-12)8-7(3-6)14-9(10,11)15-8/h2-3H,1H3. The molecule has 1 aromatic rings. The quantitative estimate of drug-likeness (QED) is 0.714. The van der Waals surface area contributed by atoms with Crippen LogP contribution in [-0.2, 0) is 0 Å². The third kappa shape index (κ3) is 1.52. The van der Waals surface area contributed by atoms with Crippen LogP contribution in [0.3, 0.4) is 0 Å². The zero-order valence-electron chi connectivity index (χ0n) is 7.58. The summed E-state index contributed by atoms with van der Waals surface area (Å²) in [6.07, 6.45) is -3.72. The first-order valence-corrected chi connectivity index (χ1v) is 3.94. The van der Waals surface area contributed by atoms with Gasteiger partial charge in [-0.3, -0.25) is 0 Å². The van der Waals surface area contributed by atoms with Crippen LogP contribution in [0.2, 0.25) is 0 Å². The minimum atomic E-state index is -3.72. The van der Waals surface area contributed by atoms with Crippen molar-refractivity contribution in [1.29, 1.82) is 5.26 Å². The van der Waals surface area contributed by atoms with E-state index in [0.29, 0.717) is 0 Å². The number of methoxy groups -OCH3 is 1. The Morgan fingerprint density at radius 2 is 2.13 bits per heavy atom. The molecule has 0 radical (unpaired) electrons. The zero-order chi connectivity index (χ0) is 11.1. The molecule has 1 aliphatic rings. The third-order valence-corrected chi connectivity index (χ3v) is 1.83. The van der Waals surface area contributed by atoms with Gasteiger partial charge < -0.3 is 14.2 Å². The third-order valence-electron chi connectivity index (χ3n) is 1.83. The molecular weight excluding hydrogens is 208 g/mol. The molecule has 1 heterocycles. The summed E-state index contributed by atoms with van der Waals surface area (Å²) in [6.45, 7) is 0. The molecule has 0 aromatic heterocycles. The number of ether oxygens (including phenoxy) is 3. The molecule has 1 aromatic carbocycles. The summed E-state index contributed by atoms with van der Waals surface area (Å²) in [7, 11) is 1.36. The van der Waals surface area contributed by atoms with Crippen LogP contribution in [-0.4, -0.2) is 13.4 Å². The van der Waals surface area contributed by atoms with Gasteiger partial charge in [-0.05, 0) is 0 Å². The van der Waals surface area contributed by atoms with Gasteiger partial charge in [-0.2, -0.15) is 5.26 Å². The van der Waals surface area contributed by atoms with E-state index in [2.05, 4.69) is 9.47 Å². The number of alkyl halides is 2. The van der Waals surface area contributed by atoms with Crippen molar-refractivity contribution in [2.45, 2.75) is 6.29 Å². The molecule has 0 unspecified atom stereocenters. The summed E-state index contributed by atoms with van der Waals surface area (Å²) in [5.74, 6) is -0.203. The fourth-order valence-electron chi connectivity index (χ4n) is 1.23. The van der Waals surface area contributed by atoms with Crippen LogP contribution < -0.4 is 14.2 Å². The smallest absolute Gasteiger partial charge is 0.497 e. The maximum absolute atomic E-state index is 12.7. The maximum atomic E-state index is 12.7. The number of fused-ring (bicyclic) bond motifs is 1. The average molecular weight is 213 g/mol. The van der Waals surface area contributed by atoms with Crippen LogP contribution in [0.25, 0.3) is 0 Å². The highest BCUT2D eigenvalue weighted by Crippen LogP contribution is 2.45. The van der Waals surface area contributed by atoms with E-state index in [1.54, 1.807) is 6.07 Å². The van der Waals surface area contributed by atoms with Crippen LogP contribution >= 0.6 is 0 Å². The van der Waals surface area contributed by atoms with E-state index in [1.165, 1.54) is 19.2 Å². The molecule has 0 saturated heterocycles. The summed E-state index contributed by atoms with van der Waals surface area (Å²) in [5.41, 5.74) is -0.0541. The van der Waals surface area contributed by atoms with Gasteiger partial charge >= 0.3 is 6.29 Å². The molecule has 4 nitrogen and oxygen atoms in total. The van der Waals surface area contributed by atoms with Gasteiger partial charge in [0.25, 0.3) is 0 Å². The van der Waals surface area contributed by atoms with Crippen LogP contribution in [0.5, 0.6) is 17.2 Å². The molecule has 0 fully saturated rings. The Morgan fingerprint density at radius 3 is 2.73 bits per heavy atom. The molecule has 0 N–H and O–H groups in total. The SMILES string of the molecule is COc1cc(C#N)c2c(c1)OC(F)(F)O2. The van der Waals surface area contributed by atoms with Crippen LogP contribution in [0.15, 0.2) is 12.1 Å². The van der Waals surface area contributed by atoms with Gasteiger partial charge in [0.05, 0.1) is 7.11 Å². The molecule has 0 saturated carbocycles. The number of hydrogen-bond donors (Lipinski definition) is 0. The number of hydrogen-bond acceptors (Lipinski definition) is 4. The molecule has 2 rings (SSSR count). The normalized spacial score (nSPS) is 15.9. The van der Waals surface area contributed by atoms with Crippen LogP contribution in [0.4, 0.5) is 8.78 Å². The van der Waals surface area contributed by atoms with Crippen LogP contribution in [0, 0.1) is 11.3 Å². The van der Waals surface area contributed by atoms with E-state index in [0.717, 1.165) is 0 Å². The fourth-order valence-corrected chi connectivity index (χ4v) is 1.23. The van der Waals surface area contributed by atoms with Crippen molar-refractivity contribution >= 4 is 0 Å². The molecule has 78 valence electrons. The topological polar surface area (TPSA) is 51.5 Å². The van der Waals surface area contributed by atoms with Gasteiger partial charge in [-0.25, -0.2) is 0 Å². The first kappa shape index (κ1) is 9.52. The Bertz CT molecular complexity index is 453. The van der Waals surface area contributed by atoms with Gasteiger partial charge in [0, 0.05) is 12.1 Å². The second kappa shape index (κ2) is 2.98. The lowest BCUT2D eigenvalue weighted by Crippen LogP contribution is -2.26. The molecule has 0 spiro atoms. The Morgan fingerprint density at radius 1 is 1.40 bits per heavy atom. The molecule has 6 heteroatoms. The highest BCUT2D eigenvalue weighted by Gasteiger charge is 2.45. The second-order valence-corrected chi connectivity index (χ2v) is 2.78. The minimum absolute atomic E-state index is 0.0541. The van der Waals surface area contributed by atoms with Gasteiger partial charge in [-0.1, -0.05) is 0 Å². The van der Waals surface area contributed by atoms with Gasteiger partial charge in [-0.15, -0.1) is 8.78 Å². The lowest BCUT2D eigenvalue weighted by Gasteiger charge is -2.04. The van der Waals surface area contributed by atoms with Crippen molar-refractivity contribution < 1.29 is 23.0 Å². The summed E-state index contributed by atoms with van der Waals surface area (Å²) in [4.78, 5) is 0. The molecule has 1 aliphatic heterocycles. The lowest BCUT2D eigenvalue weighted by atomic mass is 10.2. The van der Waals surface area contributed by atoms with Crippen molar-refractivity contribution in [3.8, 4) is 23.3 Å². The van der Waals surface area contributed by atoms with E-state index < -0.39 is 6.29 Å². The van der Waals surface area contributed by atoms with E-state index in [1.807, 2.05) is 0 Å². The maximum Gasteiger partial charge on any atom is 0.586 e. The number of nitriles is 1. The average Bonchev–Trinajstić information content (AvgIpc) is 2.50. The Balaban J connectivity index is 2.54. The fraction of sp³-hybridized carbons (Fsp3) is 0.222. The van der Waals surface area contributed by atoms with E-state index in [9.17, 15) is 8.78 Å². The first-order valence-electron chi connectivity index (χ1n) is 3.94.